The molecule has 2 atom stereocenters. The molecule has 0 saturated heterocycles. The minimum atomic E-state index is -0.902. The van der Waals surface area contributed by atoms with E-state index in [1.54, 1.807) is 6.07 Å². The number of hydrogen-bond donors (Lipinski definition) is 1. The van der Waals surface area contributed by atoms with E-state index in [2.05, 4.69) is 16.5 Å². The Morgan fingerprint density at radius 1 is 1.38 bits per heavy atom. The van der Waals surface area contributed by atoms with Crippen LogP contribution >= 0.6 is 0 Å². The van der Waals surface area contributed by atoms with Gasteiger partial charge in [0.2, 0.25) is 0 Å². The zero-order chi connectivity index (χ0) is 15.0. The first-order valence-corrected chi connectivity index (χ1v) is 7.84. The standard InChI is InChI=1S/C17H22N2O2/c1-3-12-7-4-5-9-14(12)19-11(2)18-16-13(17(20)21)8-6-10-15(16)19/h6,8,10,12,14H,3-5,7,9H2,1-2H3,(H,20,21). The second kappa shape index (κ2) is 5.51. The topological polar surface area (TPSA) is 55.1 Å². The molecule has 0 radical (unpaired) electrons. The largest absolute Gasteiger partial charge is 0.478 e. The molecule has 2 aromatic rings. The summed E-state index contributed by atoms with van der Waals surface area (Å²) in [6.07, 6.45) is 6.16. The molecule has 1 aromatic heterocycles. The van der Waals surface area contributed by atoms with Crippen LogP contribution in [0.3, 0.4) is 0 Å². The predicted molar refractivity (Wildman–Crippen MR) is 82.7 cm³/mol. The molecule has 112 valence electrons. The predicted octanol–water partition coefficient (Wildman–Crippen LogP) is 4.18. The van der Waals surface area contributed by atoms with E-state index < -0.39 is 5.97 Å². The molecule has 0 spiro atoms. The normalized spacial score (nSPS) is 22.6. The maximum Gasteiger partial charge on any atom is 0.337 e. The van der Waals surface area contributed by atoms with Gasteiger partial charge in [-0.15, -0.1) is 0 Å². The van der Waals surface area contributed by atoms with Crippen molar-refractivity contribution >= 4 is 17.0 Å². The van der Waals surface area contributed by atoms with Gasteiger partial charge in [0.25, 0.3) is 0 Å². The van der Waals surface area contributed by atoms with Gasteiger partial charge in [0.05, 0.1) is 11.1 Å². The maximum absolute atomic E-state index is 11.4. The Morgan fingerprint density at radius 2 is 2.14 bits per heavy atom. The number of rotatable bonds is 3. The van der Waals surface area contributed by atoms with Gasteiger partial charge in [-0.1, -0.05) is 32.3 Å². The van der Waals surface area contributed by atoms with E-state index >= 15 is 0 Å². The molecule has 1 N–H and O–H groups in total. The van der Waals surface area contributed by atoms with Crippen molar-refractivity contribution in [2.75, 3.05) is 0 Å². The maximum atomic E-state index is 11.4. The molecule has 0 aliphatic heterocycles. The second-order valence-electron chi connectivity index (χ2n) is 6.03. The first-order chi connectivity index (χ1) is 10.1. The SMILES string of the molecule is CCC1CCCCC1n1c(C)nc2c(C(=O)O)cccc21. The molecule has 21 heavy (non-hydrogen) atoms. The minimum absolute atomic E-state index is 0.304. The summed E-state index contributed by atoms with van der Waals surface area (Å²) in [5, 5.41) is 9.34. The Labute approximate surface area is 124 Å². The van der Waals surface area contributed by atoms with Crippen molar-refractivity contribution in [3.05, 3.63) is 29.6 Å². The quantitative estimate of drug-likeness (QED) is 0.920. The van der Waals surface area contributed by atoms with Gasteiger partial charge >= 0.3 is 5.97 Å². The highest BCUT2D eigenvalue weighted by Crippen LogP contribution is 2.38. The van der Waals surface area contributed by atoms with Crippen LogP contribution in [-0.4, -0.2) is 20.6 Å². The Hall–Kier alpha value is -1.84. The van der Waals surface area contributed by atoms with Crippen LogP contribution in [0.1, 0.15) is 61.3 Å². The van der Waals surface area contributed by atoms with Crippen molar-refractivity contribution in [1.82, 2.24) is 9.55 Å². The van der Waals surface area contributed by atoms with Crippen molar-refractivity contribution < 1.29 is 9.90 Å². The summed E-state index contributed by atoms with van der Waals surface area (Å²) in [5.41, 5.74) is 1.90. The van der Waals surface area contributed by atoms with Crippen LogP contribution in [-0.2, 0) is 0 Å². The third kappa shape index (κ3) is 2.33. The lowest BCUT2D eigenvalue weighted by atomic mass is 9.82. The average Bonchev–Trinajstić information content (AvgIpc) is 2.82. The van der Waals surface area contributed by atoms with Gasteiger partial charge in [-0.3, -0.25) is 0 Å². The van der Waals surface area contributed by atoms with Gasteiger partial charge in [-0.2, -0.15) is 0 Å². The third-order valence-electron chi connectivity index (χ3n) is 4.85. The highest BCUT2D eigenvalue weighted by molar-refractivity contribution is 6.01. The van der Waals surface area contributed by atoms with Crippen molar-refractivity contribution in [2.24, 2.45) is 5.92 Å². The van der Waals surface area contributed by atoms with Gasteiger partial charge in [0.15, 0.2) is 0 Å². The molecule has 2 unspecified atom stereocenters. The molecule has 1 saturated carbocycles. The fourth-order valence-corrected chi connectivity index (χ4v) is 3.83. The zero-order valence-electron chi connectivity index (χ0n) is 12.7. The fourth-order valence-electron chi connectivity index (χ4n) is 3.83. The third-order valence-corrected chi connectivity index (χ3v) is 4.85. The fraction of sp³-hybridized carbons (Fsp3) is 0.529. The number of benzene rings is 1. The molecule has 1 aliphatic rings. The van der Waals surface area contributed by atoms with E-state index in [1.165, 1.54) is 32.1 Å². The summed E-state index contributed by atoms with van der Waals surface area (Å²) in [7, 11) is 0. The summed E-state index contributed by atoms with van der Waals surface area (Å²) in [6, 6.07) is 5.92. The lowest BCUT2D eigenvalue weighted by molar-refractivity contribution is 0.0699. The van der Waals surface area contributed by atoms with E-state index in [4.69, 9.17) is 0 Å². The molecule has 0 amide bonds. The molecule has 0 bridgehead atoms. The van der Waals surface area contributed by atoms with Crippen LogP contribution in [0.2, 0.25) is 0 Å². The van der Waals surface area contributed by atoms with Crippen LogP contribution in [0.15, 0.2) is 18.2 Å². The van der Waals surface area contributed by atoms with Crippen molar-refractivity contribution in [1.29, 1.82) is 0 Å². The van der Waals surface area contributed by atoms with Gasteiger partial charge in [-0.25, -0.2) is 9.78 Å². The minimum Gasteiger partial charge on any atom is -0.478 e. The number of carboxylic acid groups (broad SMARTS) is 1. The molecule has 3 rings (SSSR count). The Bertz CT molecular complexity index is 675. The molecule has 1 aromatic carbocycles. The van der Waals surface area contributed by atoms with Gasteiger partial charge < -0.3 is 9.67 Å². The van der Waals surface area contributed by atoms with E-state index in [0.717, 1.165) is 11.3 Å². The van der Waals surface area contributed by atoms with Crippen molar-refractivity contribution in [3.8, 4) is 0 Å². The summed E-state index contributed by atoms with van der Waals surface area (Å²) in [5.74, 6) is 0.702. The first kappa shape index (κ1) is 14.1. The number of aromatic carboxylic acids is 1. The number of para-hydroxylation sites is 1. The first-order valence-electron chi connectivity index (χ1n) is 7.84. The monoisotopic (exact) mass is 286 g/mol. The number of aromatic nitrogens is 2. The van der Waals surface area contributed by atoms with Gasteiger partial charge in [-0.05, 0) is 37.8 Å². The number of carbonyl (C=O) groups is 1. The summed E-state index contributed by atoms with van der Waals surface area (Å²) < 4.78 is 2.29. The molecule has 4 nitrogen and oxygen atoms in total. The summed E-state index contributed by atoms with van der Waals surface area (Å²) in [4.78, 5) is 15.9. The van der Waals surface area contributed by atoms with Gasteiger partial charge in [0.1, 0.15) is 11.3 Å². The van der Waals surface area contributed by atoms with Crippen LogP contribution in [0.4, 0.5) is 0 Å². The Morgan fingerprint density at radius 3 is 2.86 bits per heavy atom. The molecule has 1 aliphatic carbocycles. The van der Waals surface area contributed by atoms with E-state index in [9.17, 15) is 9.90 Å². The zero-order valence-corrected chi connectivity index (χ0v) is 12.7. The molecular weight excluding hydrogens is 264 g/mol. The number of hydrogen-bond acceptors (Lipinski definition) is 2. The van der Waals surface area contributed by atoms with Crippen LogP contribution in [0.5, 0.6) is 0 Å². The number of aryl methyl sites for hydroxylation is 1. The number of imidazole rings is 1. The lowest BCUT2D eigenvalue weighted by Gasteiger charge is -2.33. The van der Waals surface area contributed by atoms with Crippen molar-refractivity contribution in [2.45, 2.75) is 52.0 Å². The smallest absolute Gasteiger partial charge is 0.337 e. The van der Waals surface area contributed by atoms with Crippen LogP contribution < -0.4 is 0 Å². The number of nitrogens with zero attached hydrogens (tertiary/aromatic N) is 2. The number of fused-ring (bicyclic) bond motifs is 1. The summed E-state index contributed by atoms with van der Waals surface area (Å²) in [6.45, 7) is 4.24. The average molecular weight is 286 g/mol. The lowest BCUT2D eigenvalue weighted by Crippen LogP contribution is -2.23. The van der Waals surface area contributed by atoms with E-state index in [1.807, 2.05) is 19.1 Å². The van der Waals surface area contributed by atoms with Crippen molar-refractivity contribution in [3.63, 3.8) is 0 Å². The molecule has 1 fully saturated rings. The van der Waals surface area contributed by atoms with E-state index in [-0.39, 0.29) is 0 Å². The number of carboxylic acids is 1. The van der Waals surface area contributed by atoms with Gasteiger partial charge in [0, 0.05) is 6.04 Å². The Balaban J connectivity index is 2.16. The Kier molecular flexibility index (Phi) is 3.70. The van der Waals surface area contributed by atoms with E-state index in [0.29, 0.717) is 23.0 Å². The summed E-state index contributed by atoms with van der Waals surface area (Å²) >= 11 is 0. The van der Waals surface area contributed by atoms with Crippen LogP contribution in [0.25, 0.3) is 11.0 Å². The molecule has 1 heterocycles. The highest BCUT2D eigenvalue weighted by Gasteiger charge is 2.28. The highest BCUT2D eigenvalue weighted by atomic mass is 16.4. The molecule has 4 heteroatoms. The molecular formula is C17H22N2O2. The van der Waals surface area contributed by atoms with Crippen LogP contribution in [0, 0.1) is 12.8 Å². The second-order valence-corrected chi connectivity index (χ2v) is 6.03.